The van der Waals surface area contributed by atoms with Gasteiger partial charge in [0.25, 0.3) is 5.91 Å². The number of amides is 1. The molecule has 0 aliphatic carbocycles. The second-order valence-electron chi connectivity index (χ2n) is 4.87. The molecule has 1 fully saturated rings. The topological polar surface area (TPSA) is 92.9 Å². The number of carbonyl (C=O) groups excluding carboxylic acids is 1. The van der Waals surface area contributed by atoms with Crippen molar-refractivity contribution in [2.75, 3.05) is 25.5 Å². The van der Waals surface area contributed by atoms with E-state index in [2.05, 4.69) is 0 Å². The van der Waals surface area contributed by atoms with Gasteiger partial charge in [0.15, 0.2) is 0 Å². The Kier molecular flexibility index (Phi) is 4.42. The van der Waals surface area contributed by atoms with Gasteiger partial charge >= 0.3 is 5.97 Å². The molecule has 1 amide bonds. The number of rotatable bonds is 4. The zero-order valence-electron chi connectivity index (χ0n) is 11.6. The van der Waals surface area contributed by atoms with Crippen molar-refractivity contribution in [3.63, 3.8) is 0 Å². The van der Waals surface area contributed by atoms with E-state index in [9.17, 15) is 19.1 Å². The minimum absolute atomic E-state index is 0.0351. The second-order valence-corrected chi connectivity index (χ2v) is 4.87. The van der Waals surface area contributed by atoms with E-state index in [1.807, 2.05) is 0 Å². The highest BCUT2D eigenvalue weighted by Gasteiger charge is 2.40. The van der Waals surface area contributed by atoms with Gasteiger partial charge in [-0.1, -0.05) is 0 Å². The largest absolute Gasteiger partial charge is 0.481 e. The van der Waals surface area contributed by atoms with Crippen LogP contribution in [0.5, 0.6) is 0 Å². The number of carbonyl (C=O) groups is 2. The Balaban J connectivity index is 2.30. The number of hydrogen-bond acceptors (Lipinski definition) is 4. The summed E-state index contributed by atoms with van der Waals surface area (Å²) in [5.74, 6) is -2.86. The number of hydrogen-bond donors (Lipinski definition) is 2. The maximum atomic E-state index is 13.3. The normalized spacial score (nSPS) is 21.2. The Morgan fingerprint density at radius 2 is 2.19 bits per heavy atom. The fourth-order valence-electron chi connectivity index (χ4n) is 2.48. The van der Waals surface area contributed by atoms with Crippen molar-refractivity contribution < 1.29 is 23.8 Å². The smallest absolute Gasteiger partial charge is 0.311 e. The van der Waals surface area contributed by atoms with Crippen molar-refractivity contribution in [2.45, 2.75) is 13.0 Å². The lowest BCUT2D eigenvalue weighted by atomic mass is 10.0. The van der Waals surface area contributed by atoms with E-state index >= 15 is 0 Å². The number of nitrogen functional groups attached to an aromatic ring is 1. The number of benzene rings is 1. The van der Waals surface area contributed by atoms with Crippen LogP contribution in [0.4, 0.5) is 10.1 Å². The zero-order valence-corrected chi connectivity index (χ0v) is 11.6. The third kappa shape index (κ3) is 2.97. The van der Waals surface area contributed by atoms with Gasteiger partial charge < -0.3 is 20.5 Å². The summed E-state index contributed by atoms with van der Waals surface area (Å²) in [5.41, 5.74) is 5.91. The summed E-state index contributed by atoms with van der Waals surface area (Å²) in [6, 6.07) is 2.96. The van der Waals surface area contributed by atoms with Crippen LogP contribution in [0, 0.1) is 11.7 Å². The van der Waals surface area contributed by atoms with Crippen molar-refractivity contribution in [2.24, 2.45) is 5.92 Å². The lowest BCUT2D eigenvalue weighted by Gasteiger charge is -2.29. The standard InChI is InChI=1S/C14H17FN2O4/c1-2-17(12-7-21-6-10(12)14(19)20)13(18)9-5-8(15)3-4-11(9)16/h3-5,10,12H,2,6-7,16H2,1H3,(H,19,20). The highest BCUT2D eigenvalue weighted by Crippen LogP contribution is 2.24. The van der Waals surface area contributed by atoms with E-state index < -0.39 is 29.7 Å². The van der Waals surface area contributed by atoms with Gasteiger partial charge in [0.1, 0.15) is 11.7 Å². The molecule has 1 aromatic carbocycles. The van der Waals surface area contributed by atoms with Gasteiger partial charge in [0.05, 0.1) is 24.8 Å². The highest BCUT2D eigenvalue weighted by molar-refractivity contribution is 5.99. The predicted octanol–water partition coefficient (Wildman–Crippen LogP) is 0.970. The number of halogens is 1. The van der Waals surface area contributed by atoms with Crippen molar-refractivity contribution in [1.29, 1.82) is 0 Å². The number of nitrogens with two attached hydrogens (primary N) is 1. The molecule has 7 heteroatoms. The lowest BCUT2D eigenvalue weighted by Crippen LogP contribution is -2.46. The summed E-state index contributed by atoms with van der Waals surface area (Å²) in [5, 5.41) is 9.18. The third-order valence-electron chi connectivity index (χ3n) is 3.62. The molecule has 6 nitrogen and oxygen atoms in total. The summed E-state index contributed by atoms with van der Waals surface area (Å²) in [6.45, 7) is 2.21. The number of ether oxygens (including phenoxy) is 1. The van der Waals surface area contributed by atoms with Gasteiger partial charge in [-0.15, -0.1) is 0 Å². The Morgan fingerprint density at radius 1 is 1.48 bits per heavy atom. The molecule has 0 radical (unpaired) electrons. The summed E-state index contributed by atoms with van der Waals surface area (Å²) < 4.78 is 18.5. The molecule has 1 aliphatic heterocycles. The Bertz CT molecular complexity index is 564. The van der Waals surface area contributed by atoms with Crippen LogP contribution < -0.4 is 5.73 Å². The van der Waals surface area contributed by atoms with Crippen molar-refractivity contribution >= 4 is 17.6 Å². The van der Waals surface area contributed by atoms with E-state index in [1.54, 1.807) is 6.92 Å². The van der Waals surface area contributed by atoms with Gasteiger partial charge in [-0.25, -0.2) is 4.39 Å². The van der Waals surface area contributed by atoms with E-state index in [1.165, 1.54) is 17.0 Å². The van der Waals surface area contributed by atoms with Crippen LogP contribution in [-0.2, 0) is 9.53 Å². The Hall–Kier alpha value is -2.15. The third-order valence-corrected chi connectivity index (χ3v) is 3.62. The van der Waals surface area contributed by atoms with Crippen molar-refractivity contribution in [3.8, 4) is 0 Å². The first-order valence-corrected chi connectivity index (χ1v) is 6.62. The van der Waals surface area contributed by atoms with Gasteiger partial charge in [-0.2, -0.15) is 0 Å². The quantitative estimate of drug-likeness (QED) is 0.808. The van der Waals surface area contributed by atoms with Crippen LogP contribution in [0.2, 0.25) is 0 Å². The number of aliphatic carboxylic acids is 1. The minimum atomic E-state index is -1.02. The zero-order chi connectivity index (χ0) is 15.6. The first-order valence-electron chi connectivity index (χ1n) is 6.62. The molecule has 0 spiro atoms. The SMILES string of the molecule is CCN(C(=O)c1cc(F)ccc1N)C1COCC1C(=O)O. The molecule has 3 N–H and O–H groups in total. The Morgan fingerprint density at radius 3 is 2.81 bits per heavy atom. The van der Waals surface area contributed by atoms with Crippen LogP contribution in [0.15, 0.2) is 18.2 Å². The number of anilines is 1. The molecule has 0 bridgehead atoms. The van der Waals surface area contributed by atoms with Crippen LogP contribution in [0.25, 0.3) is 0 Å². The number of likely N-dealkylation sites (N-methyl/N-ethyl adjacent to an activating group) is 1. The molecule has 1 saturated heterocycles. The molecule has 0 aromatic heterocycles. The highest BCUT2D eigenvalue weighted by atomic mass is 19.1. The summed E-state index contributed by atoms with van der Waals surface area (Å²) in [7, 11) is 0. The summed E-state index contributed by atoms with van der Waals surface area (Å²) in [6.07, 6.45) is 0. The number of carboxylic acid groups (broad SMARTS) is 1. The fourth-order valence-corrected chi connectivity index (χ4v) is 2.48. The molecule has 2 atom stereocenters. The summed E-state index contributed by atoms with van der Waals surface area (Å²) in [4.78, 5) is 25.1. The van der Waals surface area contributed by atoms with Crippen molar-refractivity contribution in [3.05, 3.63) is 29.6 Å². The van der Waals surface area contributed by atoms with Gasteiger partial charge in [0.2, 0.25) is 0 Å². The molecule has 1 aliphatic rings. The first-order chi connectivity index (χ1) is 9.95. The first kappa shape index (κ1) is 15.2. The van der Waals surface area contributed by atoms with Crippen molar-refractivity contribution in [1.82, 2.24) is 4.90 Å². The minimum Gasteiger partial charge on any atom is -0.481 e. The molecule has 2 unspecified atom stereocenters. The maximum Gasteiger partial charge on any atom is 0.311 e. The van der Waals surface area contributed by atoms with E-state index in [4.69, 9.17) is 10.5 Å². The molecule has 1 aromatic rings. The second kappa shape index (κ2) is 6.09. The number of carboxylic acids is 1. The van der Waals surface area contributed by atoms with E-state index in [0.717, 1.165) is 6.07 Å². The monoisotopic (exact) mass is 296 g/mol. The van der Waals surface area contributed by atoms with Gasteiger partial charge in [0, 0.05) is 12.2 Å². The molecule has 21 heavy (non-hydrogen) atoms. The molecular weight excluding hydrogens is 279 g/mol. The average Bonchev–Trinajstić information content (AvgIpc) is 2.91. The lowest BCUT2D eigenvalue weighted by molar-refractivity contribution is -0.142. The molecule has 0 saturated carbocycles. The predicted molar refractivity (Wildman–Crippen MR) is 73.3 cm³/mol. The molecule has 114 valence electrons. The van der Waals surface area contributed by atoms with Gasteiger partial charge in [-0.3, -0.25) is 9.59 Å². The number of nitrogens with zero attached hydrogens (tertiary/aromatic N) is 1. The Labute approximate surface area is 121 Å². The van der Waals surface area contributed by atoms with Crippen LogP contribution >= 0.6 is 0 Å². The molecule has 2 rings (SSSR count). The van der Waals surface area contributed by atoms with Crippen LogP contribution in [-0.4, -0.2) is 47.7 Å². The maximum absolute atomic E-state index is 13.3. The van der Waals surface area contributed by atoms with Gasteiger partial charge in [-0.05, 0) is 25.1 Å². The molecular formula is C14H17FN2O4. The van der Waals surface area contributed by atoms with E-state index in [0.29, 0.717) is 0 Å². The fraction of sp³-hybridized carbons (Fsp3) is 0.429. The molecule has 1 heterocycles. The summed E-state index contributed by atoms with van der Waals surface area (Å²) >= 11 is 0. The van der Waals surface area contributed by atoms with Crippen LogP contribution in [0.3, 0.4) is 0 Å². The van der Waals surface area contributed by atoms with Crippen LogP contribution in [0.1, 0.15) is 17.3 Å². The van der Waals surface area contributed by atoms with E-state index in [-0.39, 0.29) is 31.0 Å². The average molecular weight is 296 g/mol.